The van der Waals surface area contributed by atoms with Crippen molar-refractivity contribution >= 4 is 34.6 Å². The molecule has 1 amide bonds. The minimum atomic E-state index is -0.620. The van der Waals surface area contributed by atoms with E-state index in [0.29, 0.717) is 5.92 Å². The number of carbonyl (C=O) groups excluding carboxylic acids is 1. The number of thiocarbonyl (C=S) groups is 1. The average Bonchev–Trinajstić information content (AvgIpc) is 2.61. The first kappa shape index (κ1) is 18.5. The summed E-state index contributed by atoms with van der Waals surface area (Å²) in [5.74, 6) is -0.289. The summed E-state index contributed by atoms with van der Waals surface area (Å²) in [5, 5.41) is 16.6. The Kier molecular flexibility index (Phi) is 6.19. The number of para-hydroxylation sites is 2. The number of nitrogens with one attached hydrogen (secondary N) is 2. The monoisotopic (exact) mass is 357 g/mol. The van der Waals surface area contributed by atoms with Gasteiger partial charge in [0.2, 0.25) is 0 Å². The van der Waals surface area contributed by atoms with Crippen LogP contribution in [0.1, 0.15) is 42.1 Å². The number of carbonyl (C=O) groups is 1. The van der Waals surface area contributed by atoms with E-state index in [9.17, 15) is 14.9 Å². The molecule has 0 heterocycles. The predicted octanol–water partition coefficient (Wildman–Crippen LogP) is 4.24. The molecule has 0 saturated heterocycles. The zero-order valence-corrected chi connectivity index (χ0v) is 14.8. The zero-order valence-electron chi connectivity index (χ0n) is 14.0. The van der Waals surface area contributed by atoms with Crippen LogP contribution in [-0.4, -0.2) is 15.9 Å². The maximum absolute atomic E-state index is 12.3. The van der Waals surface area contributed by atoms with Crippen molar-refractivity contribution in [3.05, 3.63) is 69.8 Å². The predicted molar refractivity (Wildman–Crippen MR) is 102 cm³/mol. The molecule has 1 atom stereocenters. The molecule has 2 aromatic rings. The number of rotatable bonds is 5. The normalized spacial score (nSPS) is 11.4. The van der Waals surface area contributed by atoms with E-state index in [2.05, 4.69) is 24.5 Å². The molecule has 0 bridgehead atoms. The molecule has 0 saturated carbocycles. The molecule has 0 radical (unpaired) electrons. The number of nitro groups is 1. The molecular weight excluding hydrogens is 338 g/mol. The molecule has 1 unspecified atom stereocenters. The Bertz CT molecular complexity index is 808. The topological polar surface area (TPSA) is 84.3 Å². The van der Waals surface area contributed by atoms with E-state index >= 15 is 0 Å². The highest BCUT2D eigenvalue weighted by Crippen LogP contribution is 2.26. The maximum atomic E-state index is 12.3. The summed E-state index contributed by atoms with van der Waals surface area (Å²) in [5.41, 5.74) is 1.60. The minimum absolute atomic E-state index is 0.0353. The molecular formula is C18H19N3O3S. The molecule has 0 fully saturated rings. The molecule has 6 nitrogen and oxygen atoms in total. The summed E-state index contributed by atoms with van der Waals surface area (Å²) in [6.07, 6.45) is 0.966. The molecule has 7 heteroatoms. The van der Waals surface area contributed by atoms with Crippen molar-refractivity contribution in [1.29, 1.82) is 0 Å². The summed E-state index contributed by atoms with van der Waals surface area (Å²) in [6, 6.07) is 13.5. The van der Waals surface area contributed by atoms with Crippen molar-refractivity contribution in [3.63, 3.8) is 0 Å². The summed E-state index contributed by atoms with van der Waals surface area (Å²) in [4.78, 5) is 22.7. The second-order valence-corrected chi connectivity index (χ2v) is 5.99. The maximum Gasteiger partial charge on any atom is 0.282 e. The second-order valence-electron chi connectivity index (χ2n) is 5.58. The molecule has 0 aromatic heterocycles. The Morgan fingerprint density at radius 3 is 2.52 bits per heavy atom. The van der Waals surface area contributed by atoms with Crippen LogP contribution in [0.25, 0.3) is 0 Å². The fourth-order valence-electron chi connectivity index (χ4n) is 2.41. The van der Waals surface area contributed by atoms with Crippen molar-refractivity contribution in [3.8, 4) is 0 Å². The zero-order chi connectivity index (χ0) is 18.4. The third-order valence-corrected chi connectivity index (χ3v) is 4.13. The molecule has 25 heavy (non-hydrogen) atoms. The van der Waals surface area contributed by atoms with E-state index < -0.39 is 10.8 Å². The highest BCUT2D eigenvalue weighted by molar-refractivity contribution is 7.80. The van der Waals surface area contributed by atoms with Crippen LogP contribution in [0.4, 0.5) is 11.4 Å². The van der Waals surface area contributed by atoms with Crippen molar-refractivity contribution in [2.75, 3.05) is 5.32 Å². The van der Waals surface area contributed by atoms with E-state index in [1.165, 1.54) is 18.2 Å². The standard InChI is InChI=1S/C18H19N3O3S/c1-3-12(2)13-8-4-6-10-15(13)19-18(25)20-17(22)14-9-5-7-11-16(14)21(23)24/h4-12H,3H2,1-2H3,(H2,19,20,22,25). The highest BCUT2D eigenvalue weighted by atomic mass is 32.1. The highest BCUT2D eigenvalue weighted by Gasteiger charge is 2.20. The lowest BCUT2D eigenvalue weighted by Gasteiger charge is -2.17. The van der Waals surface area contributed by atoms with Crippen molar-refractivity contribution < 1.29 is 9.72 Å². The number of nitrogens with zero attached hydrogens (tertiary/aromatic N) is 1. The van der Waals surface area contributed by atoms with E-state index in [1.54, 1.807) is 6.07 Å². The van der Waals surface area contributed by atoms with Crippen LogP contribution in [0.3, 0.4) is 0 Å². The molecule has 0 spiro atoms. The van der Waals surface area contributed by atoms with Crippen LogP contribution in [0, 0.1) is 10.1 Å². The first-order valence-corrected chi connectivity index (χ1v) is 8.29. The van der Waals surface area contributed by atoms with Gasteiger partial charge in [-0.25, -0.2) is 0 Å². The molecule has 0 aliphatic carbocycles. The van der Waals surface area contributed by atoms with E-state index in [4.69, 9.17) is 12.2 Å². The first-order chi connectivity index (χ1) is 11.9. The Morgan fingerprint density at radius 2 is 1.84 bits per heavy atom. The van der Waals surface area contributed by atoms with Crippen LogP contribution in [0.2, 0.25) is 0 Å². The van der Waals surface area contributed by atoms with Gasteiger partial charge in [-0.1, -0.05) is 44.2 Å². The van der Waals surface area contributed by atoms with Gasteiger partial charge in [-0.05, 0) is 42.3 Å². The summed E-state index contributed by atoms with van der Waals surface area (Å²) >= 11 is 5.19. The summed E-state index contributed by atoms with van der Waals surface area (Å²) < 4.78 is 0. The van der Waals surface area contributed by atoms with Gasteiger partial charge in [0.25, 0.3) is 11.6 Å². The van der Waals surface area contributed by atoms with Crippen molar-refractivity contribution in [2.24, 2.45) is 0 Å². The van der Waals surface area contributed by atoms with Gasteiger partial charge in [-0.2, -0.15) is 0 Å². The van der Waals surface area contributed by atoms with Crippen molar-refractivity contribution in [2.45, 2.75) is 26.2 Å². The molecule has 2 N–H and O–H groups in total. The SMILES string of the molecule is CCC(C)c1ccccc1NC(=S)NC(=O)c1ccccc1[N+](=O)[O-]. The van der Waals surface area contributed by atoms with Gasteiger partial charge in [0, 0.05) is 11.8 Å². The van der Waals surface area contributed by atoms with Gasteiger partial charge in [0.1, 0.15) is 5.56 Å². The number of hydrogen-bond donors (Lipinski definition) is 2. The lowest BCUT2D eigenvalue weighted by molar-refractivity contribution is -0.385. The van der Waals surface area contributed by atoms with Gasteiger partial charge in [0.15, 0.2) is 5.11 Å². The van der Waals surface area contributed by atoms with Gasteiger partial charge < -0.3 is 5.32 Å². The largest absolute Gasteiger partial charge is 0.332 e. The Hall–Kier alpha value is -2.80. The fraction of sp³-hybridized carbons (Fsp3) is 0.222. The first-order valence-electron chi connectivity index (χ1n) is 7.88. The summed E-state index contributed by atoms with van der Waals surface area (Å²) in [7, 11) is 0. The Balaban J connectivity index is 2.14. The van der Waals surface area contributed by atoms with Crippen LogP contribution in [0.5, 0.6) is 0 Å². The van der Waals surface area contributed by atoms with Gasteiger partial charge in [-0.3, -0.25) is 20.2 Å². The number of benzene rings is 2. The number of hydrogen-bond acceptors (Lipinski definition) is 4. The summed E-state index contributed by atoms with van der Waals surface area (Å²) in [6.45, 7) is 4.20. The molecule has 0 aliphatic heterocycles. The number of anilines is 1. The lowest BCUT2D eigenvalue weighted by Crippen LogP contribution is -2.34. The molecule has 2 aromatic carbocycles. The Morgan fingerprint density at radius 1 is 1.20 bits per heavy atom. The van der Waals surface area contributed by atoms with Gasteiger partial charge in [0.05, 0.1) is 4.92 Å². The third kappa shape index (κ3) is 4.60. The van der Waals surface area contributed by atoms with Crippen LogP contribution in [0.15, 0.2) is 48.5 Å². The third-order valence-electron chi connectivity index (χ3n) is 3.92. The minimum Gasteiger partial charge on any atom is -0.332 e. The lowest BCUT2D eigenvalue weighted by atomic mass is 9.97. The number of nitro benzene ring substituents is 1. The fourth-order valence-corrected chi connectivity index (χ4v) is 2.61. The molecule has 130 valence electrons. The molecule has 2 rings (SSSR count). The van der Waals surface area contributed by atoms with Crippen LogP contribution in [-0.2, 0) is 0 Å². The van der Waals surface area contributed by atoms with Crippen LogP contribution >= 0.6 is 12.2 Å². The number of amides is 1. The van der Waals surface area contributed by atoms with Gasteiger partial charge >= 0.3 is 0 Å². The smallest absolute Gasteiger partial charge is 0.282 e. The quantitative estimate of drug-likeness (QED) is 0.475. The van der Waals surface area contributed by atoms with E-state index in [-0.39, 0.29) is 16.4 Å². The van der Waals surface area contributed by atoms with E-state index in [1.807, 2.05) is 24.3 Å². The second kappa shape index (κ2) is 8.34. The Labute approximate surface area is 151 Å². The van der Waals surface area contributed by atoms with Gasteiger partial charge in [-0.15, -0.1) is 0 Å². The van der Waals surface area contributed by atoms with Crippen LogP contribution < -0.4 is 10.6 Å². The average molecular weight is 357 g/mol. The molecule has 0 aliphatic rings. The van der Waals surface area contributed by atoms with Crippen molar-refractivity contribution in [1.82, 2.24) is 5.32 Å². The van der Waals surface area contributed by atoms with E-state index in [0.717, 1.165) is 17.7 Å².